The minimum absolute atomic E-state index is 0.00681. The van der Waals surface area contributed by atoms with Crippen molar-refractivity contribution in [2.24, 2.45) is 0 Å². The van der Waals surface area contributed by atoms with E-state index in [1.165, 1.54) is 12.5 Å². The second-order valence-corrected chi connectivity index (χ2v) is 8.68. The fourth-order valence-electron chi connectivity index (χ4n) is 4.55. The lowest BCUT2D eigenvalue weighted by Gasteiger charge is -2.36. The van der Waals surface area contributed by atoms with Crippen molar-refractivity contribution >= 4 is 17.4 Å². The largest absolute Gasteiger partial charge is 0.497 e. The van der Waals surface area contributed by atoms with Crippen LogP contribution in [0.2, 0.25) is 0 Å². The van der Waals surface area contributed by atoms with Gasteiger partial charge in [-0.15, -0.1) is 0 Å². The molecule has 8 heteroatoms. The van der Waals surface area contributed by atoms with E-state index >= 15 is 0 Å². The molecule has 5 aromatic rings. The summed E-state index contributed by atoms with van der Waals surface area (Å²) in [6.45, 7) is 2.59. The molecule has 2 aromatic carbocycles. The Hall–Kier alpha value is -4.59. The monoisotopic (exact) mass is 479 g/mol. The van der Waals surface area contributed by atoms with Gasteiger partial charge in [0.2, 0.25) is 0 Å². The van der Waals surface area contributed by atoms with Crippen molar-refractivity contribution in [1.29, 1.82) is 0 Å². The molecule has 0 spiro atoms. The molecule has 0 radical (unpaired) electrons. The van der Waals surface area contributed by atoms with Crippen molar-refractivity contribution in [2.45, 2.75) is 0 Å². The number of benzene rings is 2. The van der Waals surface area contributed by atoms with Crippen molar-refractivity contribution < 1.29 is 13.9 Å². The number of hydrogen-bond donors (Lipinski definition) is 0. The summed E-state index contributed by atoms with van der Waals surface area (Å²) >= 11 is 0. The summed E-state index contributed by atoms with van der Waals surface area (Å²) in [4.78, 5) is 21.8. The standard InChI is InChI=1S/C28H25N5O3/c1-35-23-9-7-21(8-10-23)24-18-27(31-12-14-32(15-13-31)28(34)22-11-16-36-19-22)33-26(29-24)17-25(30-33)20-5-3-2-4-6-20/h2-11,16-19H,12-15H2,1H3. The van der Waals surface area contributed by atoms with Gasteiger partial charge < -0.3 is 19.0 Å². The molecular formula is C28H25N5O3. The molecule has 1 aliphatic heterocycles. The van der Waals surface area contributed by atoms with Gasteiger partial charge in [0, 0.05) is 49.4 Å². The molecule has 1 saturated heterocycles. The highest BCUT2D eigenvalue weighted by Crippen LogP contribution is 2.29. The van der Waals surface area contributed by atoms with Gasteiger partial charge in [0.25, 0.3) is 5.91 Å². The molecule has 4 heterocycles. The molecule has 1 fully saturated rings. The second-order valence-electron chi connectivity index (χ2n) is 8.68. The summed E-state index contributed by atoms with van der Waals surface area (Å²) < 4.78 is 12.3. The number of furan rings is 1. The van der Waals surface area contributed by atoms with Crippen LogP contribution in [0.25, 0.3) is 28.2 Å². The maximum Gasteiger partial charge on any atom is 0.257 e. The van der Waals surface area contributed by atoms with E-state index in [-0.39, 0.29) is 5.91 Å². The molecule has 0 unspecified atom stereocenters. The van der Waals surface area contributed by atoms with E-state index in [1.807, 2.05) is 70.1 Å². The van der Waals surface area contributed by atoms with E-state index < -0.39 is 0 Å². The molecule has 3 aromatic heterocycles. The first-order chi connectivity index (χ1) is 17.7. The number of carbonyl (C=O) groups is 1. The number of rotatable bonds is 5. The number of carbonyl (C=O) groups excluding carboxylic acids is 1. The molecule has 0 bridgehead atoms. The lowest BCUT2D eigenvalue weighted by Crippen LogP contribution is -2.49. The third-order valence-electron chi connectivity index (χ3n) is 6.52. The molecule has 0 N–H and O–H groups in total. The Bertz CT molecular complexity index is 1490. The molecule has 36 heavy (non-hydrogen) atoms. The Kier molecular flexibility index (Phi) is 5.61. The SMILES string of the molecule is COc1ccc(-c2cc(N3CCN(C(=O)c4ccoc4)CC3)n3nc(-c4ccccc4)cc3n2)cc1. The number of anilines is 1. The molecule has 1 amide bonds. The quantitative estimate of drug-likeness (QED) is 0.366. The fourth-order valence-corrected chi connectivity index (χ4v) is 4.55. The highest BCUT2D eigenvalue weighted by atomic mass is 16.5. The predicted molar refractivity (Wildman–Crippen MR) is 137 cm³/mol. The third kappa shape index (κ3) is 4.07. The van der Waals surface area contributed by atoms with E-state index in [9.17, 15) is 4.79 Å². The Balaban J connectivity index is 1.37. The van der Waals surface area contributed by atoms with E-state index in [0.717, 1.165) is 39.7 Å². The average molecular weight is 480 g/mol. The van der Waals surface area contributed by atoms with Crippen LogP contribution in [-0.2, 0) is 0 Å². The van der Waals surface area contributed by atoms with Crippen molar-refractivity contribution in [2.75, 3.05) is 38.2 Å². The van der Waals surface area contributed by atoms with Gasteiger partial charge in [0.1, 0.15) is 17.8 Å². The average Bonchev–Trinajstić information content (AvgIpc) is 3.63. The number of piperazine rings is 1. The van der Waals surface area contributed by atoms with Crippen molar-refractivity contribution in [3.63, 3.8) is 0 Å². The van der Waals surface area contributed by atoms with Crippen LogP contribution >= 0.6 is 0 Å². The van der Waals surface area contributed by atoms with Crippen LogP contribution in [0.5, 0.6) is 5.75 Å². The molecule has 8 nitrogen and oxygen atoms in total. The summed E-state index contributed by atoms with van der Waals surface area (Å²) in [6, 6.07) is 23.8. The van der Waals surface area contributed by atoms with Gasteiger partial charge in [0.05, 0.1) is 30.3 Å². The van der Waals surface area contributed by atoms with Crippen LogP contribution in [0.1, 0.15) is 10.4 Å². The van der Waals surface area contributed by atoms with Gasteiger partial charge >= 0.3 is 0 Å². The number of fused-ring (bicyclic) bond motifs is 1. The molecular weight excluding hydrogens is 454 g/mol. The molecule has 1 aliphatic rings. The predicted octanol–water partition coefficient (Wildman–Crippen LogP) is 4.63. The van der Waals surface area contributed by atoms with Gasteiger partial charge in [-0.1, -0.05) is 30.3 Å². The number of methoxy groups -OCH3 is 1. The van der Waals surface area contributed by atoms with Crippen LogP contribution in [0.15, 0.2) is 89.7 Å². The topological polar surface area (TPSA) is 76.1 Å². The summed E-state index contributed by atoms with van der Waals surface area (Å²) in [7, 11) is 1.66. The summed E-state index contributed by atoms with van der Waals surface area (Å²) in [6.07, 6.45) is 3.02. The molecule has 0 saturated carbocycles. The summed E-state index contributed by atoms with van der Waals surface area (Å²) in [5.41, 5.74) is 5.11. The second kappa shape index (κ2) is 9.22. The third-order valence-corrected chi connectivity index (χ3v) is 6.52. The summed E-state index contributed by atoms with van der Waals surface area (Å²) in [5.74, 6) is 1.74. The zero-order chi connectivity index (χ0) is 24.5. The van der Waals surface area contributed by atoms with E-state index in [0.29, 0.717) is 31.7 Å². The van der Waals surface area contributed by atoms with E-state index in [2.05, 4.69) is 11.0 Å². The number of hydrogen-bond acceptors (Lipinski definition) is 6. The van der Waals surface area contributed by atoms with Crippen LogP contribution in [-0.4, -0.2) is 58.7 Å². The molecule has 180 valence electrons. The van der Waals surface area contributed by atoms with Gasteiger partial charge in [-0.3, -0.25) is 4.79 Å². The van der Waals surface area contributed by atoms with Gasteiger partial charge in [-0.25, -0.2) is 4.98 Å². The highest BCUT2D eigenvalue weighted by molar-refractivity contribution is 5.94. The van der Waals surface area contributed by atoms with Crippen molar-refractivity contribution in [3.8, 4) is 28.3 Å². The Morgan fingerprint density at radius 1 is 0.889 bits per heavy atom. The Morgan fingerprint density at radius 3 is 2.33 bits per heavy atom. The maximum absolute atomic E-state index is 12.8. The number of aromatic nitrogens is 3. The molecule has 6 rings (SSSR count). The van der Waals surface area contributed by atoms with Crippen LogP contribution in [0.4, 0.5) is 5.82 Å². The van der Waals surface area contributed by atoms with E-state index in [1.54, 1.807) is 13.2 Å². The van der Waals surface area contributed by atoms with Gasteiger partial charge in [-0.05, 0) is 30.3 Å². The molecule has 0 aliphatic carbocycles. The van der Waals surface area contributed by atoms with E-state index in [4.69, 9.17) is 19.2 Å². The van der Waals surface area contributed by atoms with Crippen molar-refractivity contribution in [1.82, 2.24) is 19.5 Å². The Morgan fingerprint density at radius 2 is 1.64 bits per heavy atom. The van der Waals surface area contributed by atoms with Crippen molar-refractivity contribution in [3.05, 3.63) is 90.9 Å². The lowest BCUT2D eigenvalue weighted by atomic mass is 10.1. The van der Waals surface area contributed by atoms with Crippen LogP contribution < -0.4 is 9.64 Å². The van der Waals surface area contributed by atoms with Crippen LogP contribution in [0, 0.1) is 0 Å². The minimum atomic E-state index is -0.00681. The Labute approximate surface area is 208 Å². The normalized spacial score (nSPS) is 13.8. The first-order valence-electron chi connectivity index (χ1n) is 11.9. The van der Waals surface area contributed by atoms with Gasteiger partial charge in [-0.2, -0.15) is 9.61 Å². The maximum atomic E-state index is 12.8. The number of amides is 1. The summed E-state index contributed by atoms with van der Waals surface area (Å²) in [5, 5.41) is 4.91. The first kappa shape index (κ1) is 21.9. The highest BCUT2D eigenvalue weighted by Gasteiger charge is 2.25. The number of nitrogens with zero attached hydrogens (tertiary/aromatic N) is 5. The van der Waals surface area contributed by atoms with Gasteiger partial charge in [0.15, 0.2) is 5.65 Å². The zero-order valence-electron chi connectivity index (χ0n) is 19.9. The fraction of sp³-hybridized carbons (Fsp3) is 0.179. The smallest absolute Gasteiger partial charge is 0.257 e. The minimum Gasteiger partial charge on any atom is -0.497 e. The lowest BCUT2D eigenvalue weighted by molar-refractivity contribution is 0.0745. The zero-order valence-corrected chi connectivity index (χ0v) is 19.9. The van der Waals surface area contributed by atoms with Crippen LogP contribution in [0.3, 0.4) is 0 Å². The first-order valence-corrected chi connectivity index (χ1v) is 11.9. The molecule has 0 atom stereocenters. The number of ether oxygens (including phenoxy) is 1.